The van der Waals surface area contributed by atoms with Gasteiger partial charge in [-0.3, -0.25) is 4.79 Å². The minimum atomic E-state index is -4.66. The first-order chi connectivity index (χ1) is 11.7. The van der Waals surface area contributed by atoms with Gasteiger partial charge in [0.1, 0.15) is 4.88 Å². The molecule has 1 aromatic heterocycles. The van der Waals surface area contributed by atoms with E-state index in [-0.39, 0.29) is 14.9 Å². The fourth-order valence-corrected chi connectivity index (χ4v) is 4.08. The zero-order chi connectivity index (χ0) is 18.4. The second-order valence-electron chi connectivity index (χ2n) is 5.03. The predicted octanol–water partition coefficient (Wildman–Crippen LogP) is 7.13. The number of rotatable bonds is 2. The van der Waals surface area contributed by atoms with E-state index in [1.165, 1.54) is 6.07 Å². The SMILES string of the molecule is O=C(Nc1ccc(Cl)cc1C(F)(F)F)c1sc2cc(Cl)ccc2c1Cl. The van der Waals surface area contributed by atoms with Gasteiger partial charge in [-0.25, -0.2) is 0 Å². The van der Waals surface area contributed by atoms with Crippen LogP contribution in [0.5, 0.6) is 0 Å². The summed E-state index contributed by atoms with van der Waals surface area (Å²) in [6.07, 6.45) is -4.66. The molecule has 0 fully saturated rings. The molecule has 2 aromatic carbocycles. The van der Waals surface area contributed by atoms with Crippen molar-refractivity contribution in [2.75, 3.05) is 5.32 Å². The summed E-state index contributed by atoms with van der Waals surface area (Å²) in [7, 11) is 0. The van der Waals surface area contributed by atoms with E-state index < -0.39 is 23.3 Å². The van der Waals surface area contributed by atoms with Crippen LogP contribution < -0.4 is 5.32 Å². The molecule has 1 amide bonds. The number of carbonyl (C=O) groups excluding carboxylic acids is 1. The lowest BCUT2D eigenvalue weighted by Crippen LogP contribution is -2.16. The van der Waals surface area contributed by atoms with E-state index in [0.717, 1.165) is 23.5 Å². The molecule has 0 bridgehead atoms. The summed E-state index contributed by atoms with van der Waals surface area (Å²) in [5.74, 6) is -0.741. The van der Waals surface area contributed by atoms with Crippen LogP contribution in [-0.2, 0) is 6.18 Å². The van der Waals surface area contributed by atoms with Gasteiger partial charge >= 0.3 is 6.18 Å². The molecule has 2 nitrogen and oxygen atoms in total. The van der Waals surface area contributed by atoms with E-state index in [1.807, 2.05) is 0 Å². The van der Waals surface area contributed by atoms with E-state index in [1.54, 1.807) is 18.2 Å². The lowest BCUT2D eigenvalue weighted by molar-refractivity contribution is -0.136. The van der Waals surface area contributed by atoms with E-state index in [9.17, 15) is 18.0 Å². The lowest BCUT2D eigenvalue weighted by atomic mass is 10.1. The van der Waals surface area contributed by atoms with Crippen LogP contribution in [0.3, 0.4) is 0 Å². The van der Waals surface area contributed by atoms with Crippen LogP contribution in [0, 0.1) is 0 Å². The van der Waals surface area contributed by atoms with Gasteiger partial charge in [-0.1, -0.05) is 40.9 Å². The van der Waals surface area contributed by atoms with Crippen LogP contribution in [0.25, 0.3) is 10.1 Å². The average Bonchev–Trinajstić information content (AvgIpc) is 2.84. The summed E-state index contributed by atoms with van der Waals surface area (Å²) in [4.78, 5) is 12.5. The first-order valence-corrected chi connectivity index (χ1v) is 8.67. The third kappa shape index (κ3) is 3.72. The van der Waals surface area contributed by atoms with E-state index in [0.29, 0.717) is 15.1 Å². The topological polar surface area (TPSA) is 29.1 Å². The second kappa shape index (κ2) is 6.68. The molecule has 1 N–H and O–H groups in total. The van der Waals surface area contributed by atoms with Gasteiger partial charge < -0.3 is 5.32 Å². The van der Waals surface area contributed by atoms with Crippen molar-refractivity contribution in [1.82, 2.24) is 0 Å². The molecule has 25 heavy (non-hydrogen) atoms. The summed E-state index contributed by atoms with van der Waals surface area (Å²) >= 11 is 18.8. The Morgan fingerprint density at radius 3 is 2.32 bits per heavy atom. The smallest absolute Gasteiger partial charge is 0.321 e. The molecule has 0 saturated heterocycles. The Hall–Kier alpha value is -1.47. The highest BCUT2D eigenvalue weighted by Gasteiger charge is 2.34. The van der Waals surface area contributed by atoms with Gasteiger partial charge in [0.15, 0.2) is 0 Å². The zero-order valence-corrected chi connectivity index (χ0v) is 15.1. The Labute approximate surface area is 159 Å². The van der Waals surface area contributed by atoms with Crippen molar-refractivity contribution in [3.63, 3.8) is 0 Å². The summed E-state index contributed by atoms with van der Waals surface area (Å²) in [5, 5.41) is 3.40. The van der Waals surface area contributed by atoms with Crippen LogP contribution in [-0.4, -0.2) is 5.91 Å². The van der Waals surface area contributed by atoms with Crippen molar-refractivity contribution in [2.24, 2.45) is 0 Å². The number of fused-ring (bicyclic) bond motifs is 1. The van der Waals surface area contributed by atoms with Gasteiger partial charge in [-0.05, 0) is 30.3 Å². The van der Waals surface area contributed by atoms with Crippen LogP contribution in [0.1, 0.15) is 15.2 Å². The van der Waals surface area contributed by atoms with Crippen molar-refractivity contribution in [3.8, 4) is 0 Å². The van der Waals surface area contributed by atoms with Gasteiger partial charge in [0, 0.05) is 20.1 Å². The maximum Gasteiger partial charge on any atom is 0.418 e. The first kappa shape index (κ1) is 18.3. The van der Waals surface area contributed by atoms with Gasteiger partial charge in [0.05, 0.1) is 16.3 Å². The molecule has 0 spiro atoms. The largest absolute Gasteiger partial charge is 0.418 e. The molecule has 3 rings (SSSR count). The van der Waals surface area contributed by atoms with Gasteiger partial charge in [-0.15, -0.1) is 11.3 Å². The van der Waals surface area contributed by atoms with Crippen molar-refractivity contribution in [2.45, 2.75) is 6.18 Å². The van der Waals surface area contributed by atoms with Crippen LogP contribution in [0.4, 0.5) is 18.9 Å². The number of halogens is 6. The number of carbonyl (C=O) groups is 1. The molecule has 0 aliphatic rings. The fraction of sp³-hybridized carbons (Fsp3) is 0.0625. The highest BCUT2D eigenvalue weighted by atomic mass is 35.5. The highest BCUT2D eigenvalue weighted by molar-refractivity contribution is 7.21. The Morgan fingerprint density at radius 2 is 1.64 bits per heavy atom. The quantitative estimate of drug-likeness (QED) is 0.466. The molecule has 130 valence electrons. The van der Waals surface area contributed by atoms with Crippen molar-refractivity contribution >= 4 is 67.8 Å². The first-order valence-electron chi connectivity index (χ1n) is 6.72. The van der Waals surface area contributed by atoms with E-state index in [4.69, 9.17) is 34.8 Å². The highest BCUT2D eigenvalue weighted by Crippen LogP contribution is 2.39. The lowest BCUT2D eigenvalue weighted by Gasteiger charge is -2.13. The van der Waals surface area contributed by atoms with E-state index in [2.05, 4.69) is 5.32 Å². The summed E-state index contributed by atoms with van der Waals surface area (Å²) in [5.41, 5.74) is -1.43. The minimum Gasteiger partial charge on any atom is -0.321 e. The number of thiophene rings is 1. The Bertz CT molecular complexity index is 985. The number of amides is 1. The zero-order valence-electron chi connectivity index (χ0n) is 12.0. The third-order valence-electron chi connectivity index (χ3n) is 3.33. The molecule has 9 heteroatoms. The van der Waals surface area contributed by atoms with Crippen LogP contribution >= 0.6 is 46.1 Å². The summed E-state index contributed by atoms with van der Waals surface area (Å²) < 4.78 is 40.0. The van der Waals surface area contributed by atoms with Gasteiger partial charge in [0.25, 0.3) is 5.91 Å². The number of benzene rings is 2. The number of hydrogen-bond acceptors (Lipinski definition) is 2. The molecule has 0 unspecified atom stereocenters. The third-order valence-corrected chi connectivity index (χ3v) is 5.46. The van der Waals surface area contributed by atoms with Crippen LogP contribution in [0.15, 0.2) is 36.4 Å². The summed E-state index contributed by atoms with van der Waals surface area (Å²) in [6.45, 7) is 0. The number of anilines is 1. The molecule has 1 heterocycles. The van der Waals surface area contributed by atoms with Crippen molar-refractivity contribution in [1.29, 1.82) is 0 Å². The monoisotopic (exact) mass is 423 g/mol. The number of alkyl halides is 3. The normalized spacial score (nSPS) is 11.8. The molecule has 0 aliphatic heterocycles. The molecule has 3 aromatic rings. The standard InChI is InChI=1S/C16H7Cl3F3NOS/c17-7-2-4-11(10(5-7)16(20,21)22)23-15(24)14-13(19)9-3-1-8(18)6-12(9)25-14/h1-6H,(H,23,24). The molecule has 0 radical (unpaired) electrons. The summed E-state index contributed by atoms with van der Waals surface area (Å²) in [6, 6.07) is 8.01. The van der Waals surface area contributed by atoms with Crippen LogP contribution in [0.2, 0.25) is 15.1 Å². The molecular weight excluding hydrogens is 418 g/mol. The Morgan fingerprint density at radius 1 is 1.00 bits per heavy atom. The minimum absolute atomic E-state index is 0.0835. The Kier molecular flexibility index (Phi) is 4.90. The molecular formula is C16H7Cl3F3NOS. The second-order valence-corrected chi connectivity index (χ2v) is 7.33. The Balaban J connectivity index is 2.00. The van der Waals surface area contributed by atoms with Gasteiger partial charge in [-0.2, -0.15) is 13.2 Å². The predicted molar refractivity (Wildman–Crippen MR) is 96.3 cm³/mol. The van der Waals surface area contributed by atoms with Crippen molar-refractivity contribution in [3.05, 3.63) is 61.9 Å². The maximum atomic E-state index is 13.1. The number of hydrogen-bond donors (Lipinski definition) is 1. The van der Waals surface area contributed by atoms with Gasteiger partial charge in [0.2, 0.25) is 0 Å². The van der Waals surface area contributed by atoms with E-state index >= 15 is 0 Å². The maximum absolute atomic E-state index is 13.1. The molecule has 0 atom stereocenters. The fourth-order valence-electron chi connectivity index (χ4n) is 2.22. The average molecular weight is 425 g/mol. The number of nitrogens with one attached hydrogen (secondary N) is 1. The molecule has 0 saturated carbocycles. The molecule has 0 aliphatic carbocycles. The van der Waals surface area contributed by atoms with Crippen molar-refractivity contribution < 1.29 is 18.0 Å².